The van der Waals surface area contributed by atoms with Gasteiger partial charge < -0.3 is 14.5 Å². The van der Waals surface area contributed by atoms with Crippen molar-refractivity contribution in [3.05, 3.63) is 60.2 Å². The van der Waals surface area contributed by atoms with Crippen LogP contribution in [0, 0.1) is 0 Å². The van der Waals surface area contributed by atoms with Crippen LogP contribution in [-0.2, 0) is 11.3 Å². The normalized spacial score (nSPS) is 17.2. The Morgan fingerprint density at radius 1 is 1.20 bits per heavy atom. The Morgan fingerprint density at radius 2 is 2.03 bits per heavy atom. The number of hydrogen-bond acceptors (Lipinski definition) is 5. The predicted molar refractivity (Wildman–Crippen MR) is 109 cm³/mol. The number of hydrogen-bond donors (Lipinski definition) is 1. The van der Waals surface area contributed by atoms with Gasteiger partial charge in [-0.25, -0.2) is 0 Å². The topological polar surface area (TPSA) is 54.7 Å². The summed E-state index contributed by atoms with van der Waals surface area (Å²) in [6.07, 6.45) is -3.21. The Morgan fingerprint density at radius 3 is 2.83 bits per heavy atom. The molecule has 0 saturated carbocycles. The molecule has 1 aromatic heterocycles. The lowest BCUT2D eigenvalue weighted by molar-refractivity contribution is -0.274. The maximum Gasteiger partial charge on any atom is 0.573 e. The summed E-state index contributed by atoms with van der Waals surface area (Å²) in [7, 11) is 0. The van der Waals surface area contributed by atoms with E-state index in [0.717, 1.165) is 23.9 Å². The van der Waals surface area contributed by atoms with Gasteiger partial charge in [0.05, 0.1) is 0 Å². The highest BCUT2D eigenvalue weighted by Crippen LogP contribution is 2.36. The van der Waals surface area contributed by atoms with Crippen LogP contribution in [0.3, 0.4) is 0 Å². The summed E-state index contributed by atoms with van der Waals surface area (Å²) in [5, 5.41) is 3.50. The molecule has 1 atom stereocenters. The average molecular weight is 436 g/mol. The van der Waals surface area contributed by atoms with E-state index in [1.165, 1.54) is 30.1 Å². The second-order valence-electron chi connectivity index (χ2n) is 6.87. The first-order chi connectivity index (χ1) is 14.4. The van der Waals surface area contributed by atoms with E-state index in [2.05, 4.69) is 10.1 Å². The zero-order valence-corrected chi connectivity index (χ0v) is 16.6. The summed E-state index contributed by atoms with van der Waals surface area (Å²) in [4.78, 5) is 12.6. The van der Waals surface area contributed by atoms with Gasteiger partial charge in [-0.05, 0) is 48.6 Å². The number of halogens is 3. The Hall–Kier alpha value is -2.81. The highest BCUT2D eigenvalue weighted by Gasteiger charge is 2.31. The SMILES string of the molecule is O=C(NCc1cccc(OC(F)(F)F)c1)C1CCCN(c2cc3ccccc3o2)S1. The van der Waals surface area contributed by atoms with E-state index in [0.29, 0.717) is 17.9 Å². The molecule has 0 bridgehead atoms. The molecule has 2 heterocycles. The molecule has 2 aromatic carbocycles. The van der Waals surface area contributed by atoms with Crippen LogP contribution >= 0.6 is 11.9 Å². The maximum absolute atomic E-state index is 12.6. The van der Waals surface area contributed by atoms with Gasteiger partial charge in [0.15, 0.2) is 0 Å². The first kappa shape index (κ1) is 20.5. The molecule has 1 aliphatic heterocycles. The molecule has 1 aliphatic rings. The Labute approximate surface area is 175 Å². The molecule has 9 heteroatoms. The number of carbonyl (C=O) groups excluding carboxylic acids is 1. The number of anilines is 1. The highest BCUT2D eigenvalue weighted by atomic mass is 32.2. The fourth-order valence-electron chi connectivity index (χ4n) is 3.27. The molecule has 0 radical (unpaired) electrons. The van der Waals surface area contributed by atoms with Crippen molar-refractivity contribution < 1.29 is 27.1 Å². The van der Waals surface area contributed by atoms with E-state index in [4.69, 9.17) is 4.42 Å². The molecule has 158 valence electrons. The van der Waals surface area contributed by atoms with Crippen LogP contribution in [-0.4, -0.2) is 24.1 Å². The third-order valence-electron chi connectivity index (χ3n) is 4.63. The van der Waals surface area contributed by atoms with Gasteiger partial charge in [-0.3, -0.25) is 9.10 Å². The number of rotatable bonds is 5. The van der Waals surface area contributed by atoms with Gasteiger partial charge >= 0.3 is 6.36 Å². The lowest BCUT2D eigenvalue weighted by Gasteiger charge is -2.30. The molecule has 4 rings (SSSR count). The van der Waals surface area contributed by atoms with Crippen molar-refractivity contribution in [2.75, 3.05) is 10.8 Å². The van der Waals surface area contributed by atoms with Crippen molar-refractivity contribution in [2.24, 2.45) is 0 Å². The van der Waals surface area contributed by atoms with Crippen molar-refractivity contribution in [3.63, 3.8) is 0 Å². The molecule has 30 heavy (non-hydrogen) atoms. The second kappa shape index (κ2) is 8.51. The van der Waals surface area contributed by atoms with Gasteiger partial charge in [0.1, 0.15) is 16.6 Å². The molecular formula is C21H19F3N2O3S. The van der Waals surface area contributed by atoms with Gasteiger partial charge in [0.2, 0.25) is 11.8 Å². The van der Waals surface area contributed by atoms with Gasteiger partial charge in [-0.15, -0.1) is 13.2 Å². The molecule has 1 unspecified atom stereocenters. The van der Waals surface area contributed by atoms with Gasteiger partial charge in [-0.2, -0.15) is 0 Å². The third-order valence-corrected chi connectivity index (χ3v) is 5.95. The number of carbonyl (C=O) groups is 1. The first-order valence-corrected chi connectivity index (χ1v) is 10.3. The molecule has 1 N–H and O–H groups in total. The number of benzene rings is 2. The second-order valence-corrected chi connectivity index (χ2v) is 8.09. The molecule has 1 amide bonds. The van der Waals surface area contributed by atoms with E-state index in [1.54, 1.807) is 6.07 Å². The lowest BCUT2D eigenvalue weighted by atomic mass is 10.2. The van der Waals surface area contributed by atoms with Crippen LogP contribution in [0.5, 0.6) is 5.75 Å². The number of para-hydroxylation sites is 1. The number of amides is 1. The zero-order valence-electron chi connectivity index (χ0n) is 15.8. The van der Waals surface area contributed by atoms with Gasteiger partial charge in [-0.1, -0.05) is 30.3 Å². The van der Waals surface area contributed by atoms with Crippen LogP contribution in [0.25, 0.3) is 11.0 Å². The van der Waals surface area contributed by atoms with Crippen molar-refractivity contribution in [1.29, 1.82) is 0 Å². The zero-order chi connectivity index (χ0) is 21.1. The Balaban J connectivity index is 1.36. The quantitative estimate of drug-likeness (QED) is 0.553. The molecule has 1 saturated heterocycles. The minimum Gasteiger partial charge on any atom is -0.440 e. The van der Waals surface area contributed by atoms with Crippen LogP contribution in [0.1, 0.15) is 18.4 Å². The molecule has 3 aromatic rings. The molecule has 1 fully saturated rings. The monoisotopic (exact) mass is 436 g/mol. The average Bonchev–Trinajstić information content (AvgIpc) is 3.15. The van der Waals surface area contributed by atoms with Gasteiger partial charge in [0.25, 0.3) is 0 Å². The van der Waals surface area contributed by atoms with Crippen LogP contribution in [0.15, 0.2) is 59.0 Å². The van der Waals surface area contributed by atoms with E-state index in [9.17, 15) is 18.0 Å². The van der Waals surface area contributed by atoms with Crippen LogP contribution < -0.4 is 14.4 Å². The standard InChI is InChI=1S/C21H19F3N2O3S/c22-21(23,24)29-16-7-3-5-14(11-16)13-25-20(27)18-9-4-10-26(30-18)19-12-15-6-1-2-8-17(15)28-19/h1-3,5-8,11-12,18H,4,9-10,13H2,(H,25,27). The van der Waals surface area contributed by atoms with Crippen LogP contribution in [0.4, 0.5) is 19.1 Å². The summed E-state index contributed by atoms with van der Waals surface area (Å²) in [5.74, 6) is 0.232. The van der Waals surface area contributed by atoms with E-state index in [1.807, 2.05) is 34.6 Å². The Kier molecular flexibility index (Phi) is 5.80. The summed E-state index contributed by atoms with van der Waals surface area (Å²) in [5.41, 5.74) is 1.32. The van der Waals surface area contributed by atoms with Crippen molar-refractivity contribution in [1.82, 2.24) is 5.32 Å². The highest BCUT2D eigenvalue weighted by molar-refractivity contribution is 8.02. The van der Waals surface area contributed by atoms with Gasteiger partial charge in [0, 0.05) is 24.5 Å². The molecule has 0 spiro atoms. The fraction of sp³-hybridized carbons (Fsp3) is 0.286. The maximum atomic E-state index is 12.6. The predicted octanol–water partition coefficient (Wildman–Crippen LogP) is 5.26. The van der Waals surface area contributed by atoms with E-state index >= 15 is 0 Å². The number of alkyl halides is 3. The number of ether oxygens (including phenoxy) is 1. The molecular weight excluding hydrogens is 417 g/mol. The largest absolute Gasteiger partial charge is 0.573 e. The summed E-state index contributed by atoms with van der Waals surface area (Å²) in [6, 6.07) is 15.3. The summed E-state index contributed by atoms with van der Waals surface area (Å²) >= 11 is 1.41. The summed E-state index contributed by atoms with van der Waals surface area (Å²) in [6.45, 7) is 0.890. The van der Waals surface area contributed by atoms with Crippen molar-refractivity contribution in [2.45, 2.75) is 31.0 Å². The number of furan rings is 1. The fourth-order valence-corrected chi connectivity index (χ4v) is 4.45. The molecule has 0 aliphatic carbocycles. The Bertz CT molecular complexity index is 1000. The van der Waals surface area contributed by atoms with Crippen molar-refractivity contribution in [3.8, 4) is 5.75 Å². The first-order valence-electron chi connectivity index (χ1n) is 9.43. The third kappa shape index (κ3) is 5.02. The van der Waals surface area contributed by atoms with E-state index < -0.39 is 6.36 Å². The van der Waals surface area contributed by atoms with Crippen molar-refractivity contribution >= 4 is 34.7 Å². The van der Waals surface area contributed by atoms with E-state index in [-0.39, 0.29) is 23.5 Å². The minimum absolute atomic E-state index is 0.121. The minimum atomic E-state index is -4.75. The lowest BCUT2D eigenvalue weighted by Crippen LogP contribution is -2.38. The number of nitrogens with zero attached hydrogens (tertiary/aromatic N) is 1. The number of fused-ring (bicyclic) bond motifs is 1. The smallest absolute Gasteiger partial charge is 0.440 e. The summed E-state index contributed by atoms with van der Waals surface area (Å²) < 4.78 is 48.9. The van der Waals surface area contributed by atoms with Crippen LogP contribution in [0.2, 0.25) is 0 Å². The number of nitrogens with one attached hydrogen (secondary N) is 1. The molecule has 5 nitrogen and oxygen atoms in total.